The van der Waals surface area contributed by atoms with E-state index in [-0.39, 0.29) is 12.0 Å². The van der Waals surface area contributed by atoms with E-state index in [1.54, 1.807) is 57.2 Å². The number of rotatable bonds is 8. The van der Waals surface area contributed by atoms with Gasteiger partial charge in [0.15, 0.2) is 24.8 Å². The fraction of sp³-hybridized carbons (Fsp3) is 0.471. The number of Topliss-reactive ketones (excluding diaryl/α,β-unsaturated/α-hetero) is 2. The first-order valence-corrected chi connectivity index (χ1v) is 16.5. The number of esters is 2. The quantitative estimate of drug-likeness (QED) is 0.187. The van der Waals surface area contributed by atoms with Gasteiger partial charge in [0, 0.05) is 43.9 Å². The fourth-order valence-corrected chi connectivity index (χ4v) is 8.05. The maximum absolute atomic E-state index is 13.0. The Morgan fingerprint density at radius 3 is 2.02 bits per heavy atom. The van der Waals surface area contributed by atoms with Gasteiger partial charge in [0.05, 0.1) is 0 Å². The molecule has 1 aromatic heterocycles. The summed E-state index contributed by atoms with van der Waals surface area (Å²) in [5, 5.41) is 11.3. The molecule has 1 N–H and O–H groups in total. The van der Waals surface area contributed by atoms with Gasteiger partial charge in [0.2, 0.25) is 0 Å². The molecule has 3 fully saturated rings. The van der Waals surface area contributed by atoms with Crippen LogP contribution in [0.15, 0.2) is 36.4 Å². The fourth-order valence-electron chi connectivity index (χ4n) is 6.86. The van der Waals surface area contributed by atoms with E-state index in [4.69, 9.17) is 14.2 Å². The molecule has 4 unspecified atom stereocenters. The number of likely N-dealkylation sites (tertiary alicyclic amines) is 2. The van der Waals surface area contributed by atoms with Crippen LogP contribution in [0.5, 0.6) is 0 Å². The average Bonchev–Trinajstić information content (AvgIpc) is 3.83. The van der Waals surface area contributed by atoms with E-state index < -0.39 is 66.6 Å². The zero-order valence-electron chi connectivity index (χ0n) is 26.4. The molecule has 0 radical (unpaired) electrons. The molecular formula is C34H36N2O10S. The molecule has 2 bridgehead atoms. The Hall–Kier alpha value is -4.52. The summed E-state index contributed by atoms with van der Waals surface area (Å²) in [6.07, 6.45) is 1.44. The number of carbonyl (C=O) groups is 6. The Kier molecular flexibility index (Phi) is 8.68. The summed E-state index contributed by atoms with van der Waals surface area (Å²) in [7, 11) is 0. The van der Waals surface area contributed by atoms with Crippen molar-refractivity contribution < 1.29 is 48.1 Å². The minimum absolute atomic E-state index is 0.0840. The molecule has 4 atom stereocenters. The molecule has 2 saturated heterocycles. The lowest BCUT2D eigenvalue weighted by Crippen LogP contribution is -2.49. The third kappa shape index (κ3) is 6.53. The second-order valence-corrected chi connectivity index (χ2v) is 14.4. The largest absolute Gasteiger partial charge is 0.465 e. The number of benzene rings is 2. The molecule has 248 valence electrons. The molecule has 1 saturated carbocycles. The third-order valence-corrected chi connectivity index (χ3v) is 10.1. The van der Waals surface area contributed by atoms with Gasteiger partial charge < -0.3 is 19.3 Å². The molecule has 2 amide bonds. The topological polar surface area (TPSA) is 157 Å². The Morgan fingerprint density at radius 2 is 1.45 bits per heavy atom. The Bertz CT molecular complexity index is 1790. The highest BCUT2D eigenvalue weighted by atomic mass is 32.1. The molecule has 3 heterocycles. The lowest BCUT2D eigenvalue weighted by molar-refractivity contribution is -0.149. The highest BCUT2D eigenvalue weighted by Gasteiger charge is 2.52. The number of hydrogen-bond acceptors (Lipinski definition) is 10. The zero-order chi connectivity index (χ0) is 33.6. The molecule has 6 rings (SSSR count). The summed E-state index contributed by atoms with van der Waals surface area (Å²) in [4.78, 5) is 78.3. The Labute approximate surface area is 274 Å². The highest BCUT2D eigenvalue weighted by Crippen LogP contribution is 2.43. The predicted octanol–water partition coefficient (Wildman–Crippen LogP) is 5.44. The maximum Gasteiger partial charge on any atom is 0.411 e. The normalized spacial score (nSPS) is 22.1. The summed E-state index contributed by atoms with van der Waals surface area (Å²) in [5.41, 5.74) is -0.00871. The molecule has 3 aliphatic rings. The highest BCUT2D eigenvalue weighted by molar-refractivity contribution is 7.25. The van der Waals surface area contributed by atoms with Crippen LogP contribution in [0.3, 0.4) is 0 Å². The van der Waals surface area contributed by atoms with Crippen molar-refractivity contribution >= 4 is 67.2 Å². The van der Waals surface area contributed by atoms with Crippen LogP contribution in [0, 0.1) is 5.92 Å². The first-order valence-electron chi connectivity index (χ1n) is 15.7. The summed E-state index contributed by atoms with van der Waals surface area (Å²) in [5.74, 6) is -2.23. The molecule has 12 nitrogen and oxygen atoms in total. The number of carboxylic acid groups (broad SMARTS) is 1. The van der Waals surface area contributed by atoms with E-state index in [0.29, 0.717) is 36.9 Å². The van der Waals surface area contributed by atoms with Crippen molar-refractivity contribution in [3.63, 3.8) is 0 Å². The zero-order valence-corrected chi connectivity index (χ0v) is 27.2. The predicted molar refractivity (Wildman–Crippen MR) is 171 cm³/mol. The molecule has 13 heteroatoms. The lowest BCUT2D eigenvalue weighted by Gasteiger charge is -2.31. The van der Waals surface area contributed by atoms with Crippen molar-refractivity contribution in [1.29, 1.82) is 0 Å². The van der Waals surface area contributed by atoms with Crippen molar-refractivity contribution in [1.82, 2.24) is 9.80 Å². The van der Waals surface area contributed by atoms with Crippen molar-refractivity contribution in [2.45, 2.75) is 76.6 Å². The molecule has 47 heavy (non-hydrogen) atoms. The van der Waals surface area contributed by atoms with Crippen molar-refractivity contribution in [2.24, 2.45) is 5.92 Å². The van der Waals surface area contributed by atoms with E-state index in [2.05, 4.69) is 0 Å². The number of piperidine rings is 1. The summed E-state index contributed by atoms with van der Waals surface area (Å²) in [6.45, 7) is 4.64. The summed E-state index contributed by atoms with van der Waals surface area (Å²) < 4.78 is 17.6. The van der Waals surface area contributed by atoms with Gasteiger partial charge in [-0.1, -0.05) is 24.3 Å². The maximum atomic E-state index is 13.0. The van der Waals surface area contributed by atoms with Crippen LogP contribution in [0.4, 0.5) is 9.59 Å². The van der Waals surface area contributed by atoms with Crippen LogP contribution in [0.25, 0.3) is 20.2 Å². The van der Waals surface area contributed by atoms with E-state index in [1.165, 1.54) is 21.1 Å². The number of fused-ring (bicyclic) bond motifs is 5. The molecule has 2 aromatic carbocycles. The van der Waals surface area contributed by atoms with Gasteiger partial charge in [0.25, 0.3) is 0 Å². The van der Waals surface area contributed by atoms with E-state index in [9.17, 15) is 33.9 Å². The second kappa shape index (κ2) is 12.6. The van der Waals surface area contributed by atoms with Crippen molar-refractivity contribution in [2.75, 3.05) is 19.8 Å². The van der Waals surface area contributed by atoms with E-state index >= 15 is 0 Å². The molecule has 3 aromatic rings. The van der Waals surface area contributed by atoms with Crippen LogP contribution in [-0.4, -0.2) is 94.1 Å². The van der Waals surface area contributed by atoms with E-state index in [0.717, 1.165) is 33.0 Å². The smallest absolute Gasteiger partial charge is 0.411 e. The molecule has 0 spiro atoms. The number of nitrogens with zero attached hydrogens (tertiary/aromatic N) is 2. The van der Waals surface area contributed by atoms with Gasteiger partial charge in [-0.3, -0.25) is 19.4 Å². The number of ether oxygens (including phenoxy) is 3. The van der Waals surface area contributed by atoms with Crippen LogP contribution in [-0.2, 0) is 23.8 Å². The summed E-state index contributed by atoms with van der Waals surface area (Å²) in [6, 6.07) is 8.46. The number of amides is 2. The Morgan fingerprint density at radius 1 is 0.851 bits per heavy atom. The molecule has 1 aliphatic carbocycles. The van der Waals surface area contributed by atoms with Gasteiger partial charge in [0.1, 0.15) is 17.7 Å². The third-order valence-electron chi connectivity index (χ3n) is 9.01. The van der Waals surface area contributed by atoms with Crippen LogP contribution >= 0.6 is 11.3 Å². The van der Waals surface area contributed by atoms with Crippen LogP contribution < -0.4 is 0 Å². The number of carbonyl (C=O) groups excluding carboxylic acids is 5. The van der Waals surface area contributed by atoms with Crippen molar-refractivity contribution in [3.8, 4) is 0 Å². The minimum atomic E-state index is -1.15. The van der Waals surface area contributed by atoms with Crippen LogP contribution in [0.2, 0.25) is 0 Å². The first-order chi connectivity index (χ1) is 22.3. The van der Waals surface area contributed by atoms with Gasteiger partial charge in [-0.2, -0.15) is 0 Å². The summed E-state index contributed by atoms with van der Waals surface area (Å²) >= 11 is 1.38. The lowest BCUT2D eigenvalue weighted by atomic mass is 9.99. The average molecular weight is 665 g/mol. The van der Waals surface area contributed by atoms with Crippen LogP contribution in [0.1, 0.15) is 73.6 Å². The molecular weight excluding hydrogens is 628 g/mol. The molecule has 2 aliphatic heterocycles. The Balaban J connectivity index is 1.08. The number of thiophene rings is 1. The van der Waals surface area contributed by atoms with E-state index in [1.807, 2.05) is 0 Å². The number of hydrogen-bond donors (Lipinski definition) is 1. The SMILES string of the molecule is CC(C)(C)OC(=O)N1CCCC1C(=O)OCC(=O)c1ccc2c(c1)sc1cc(C(=O)COC(=O)C3C4CCC(C4)N3C(=O)O)ccc12. The van der Waals surface area contributed by atoms with Crippen molar-refractivity contribution in [3.05, 3.63) is 47.5 Å². The van der Waals surface area contributed by atoms with Gasteiger partial charge in [-0.25, -0.2) is 19.2 Å². The van der Waals surface area contributed by atoms with Gasteiger partial charge in [-0.15, -0.1) is 11.3 Å². The minimum Gasteiger partial charge on any atom is -0.465 e. The second-order valence-electron chi connectivity index (χ2n) is 13.3. The number of ketones is 2. The monoisotopic (exact) mass is 664 g/mol. The van der Waals surface area contributed by atoms with Gasteiger partial charge in [-0.05, 0) is 70.9 Å². The first kappa shape index (κ1) is 32.4. The van der Waals surface area contributed by atoms with Gasteiger partial charge >= 0.3 is 24.1 Å². The standard InChI is InChI=1S/C34H36N2O10S/c1-34(2,3)46-33(43)35-12-4-5-24(35)30(39)44-16-25(37)18-7-10-22-23-11-8-19(15-28(23)47-27(22)14-18)26(38)17-45-31(40)29-20-6-9-21(13-20)36(29)32(41)42/h7-8,10-11,14-15,20-21,24,29H,4-6,9,12-13,16-17H2,1-3H3,(H,41,42).